The van der Waals surface area contributed by atoms with Gasteiger partial charge in [0.15, 0.2) is 0 Å². The summed E-state index contributed by atoms with van der Waals surface area (Å²) < 4.78 is 0. The summed E-state index contributed by atoms with van der Waals surface area (Å²) in [5.41, 5.74) is 18.9. The molecule has 0 saturated heterocycles. The number of phenols is 3. The SMILES string of the molecule is Cc1ccc(O)c(Cc2cc(C)cc(Cc3cc(Cc4cccc(-c5cc(-c6ccccc6)cc(-c6ccc(-c7ccccc7)c(-c7ccccc7)c6)c5)c4)ccc3O)c2O)c1. The molecule has 0 aliphatic heterocycles. The molecule has 0 unspecified atom stereocenters. The van der Waals surface area contributed by atoms with Crippen molar-refractivity contribution in [2.75, 3.05) is 0 Å². The monoisotopic (exact) mass is 804 g/mol. The van der Waals surface area contributed by atoms with Gasteiger partial charge in [0, 0.05) is 12.8 Å². The first-order chi connectivity index (χ1) is 30.2. The number of benzene rings is 9. The molecule has 0 aliphatic carbocycles. The molecule has 3 heteroatoms. The van der Waals surface area contributed by atoms with E-state index in [1.807, 2.05) is 50.2 Å². The zero-order chi connectivity index (χ0) is 42.6. The van der Waals surface area contributed by atoms with E-state index in [9.17, 15) is 15.3 Å². The smallest absolute Gasteiger partial charge is 0.122 e. The van der Waals surface area contributed by atoms with Gasteiger partial charge in [-0.1, -0.05) is 175 Å². The Hall–Kier alpha value is -7.62. The van der Waals surface area contributed by atoms with Crippen molar-refractivity contribution < 1.29 is 15.3 Å². The number of aromatic hydroxyl groups is 3. The van der Waals surface area contributed by atoms with Gasteiger partial charge in [-0.3, -0.25) is 0 Å². The highest BCUT2D eigenvalue weighted by Crippen LogP contribution is 2.39. The third kappa shape index (κ3) is 8.80. The fraction of sp³-hybridized carbons (Fsp3) is 0.0847. The molecule has 9 aromatic carbocycles. The molecule has 0 atom stereocenters. The molecule has 9 rings (SSSR count). The van der Waals surface area contributed by atoms with Gasteiger partial charge in [-0.25, -0.2) is 0 Å². The highest BCUT2D eigenvalue weighted by atomic mass is 16.3. The summed E-state index contributed by atoms with van der Waals surface area (Å²) in [6.07, 6.45) is 1.44. The van der Waals surface area contributed by atoms with E-state index in [1.165, 1.54) is 22.3 Å². The molecular weight excluding hydrogens is 757 g/mol. The molecule has 0 saturated carbocycles. The minimum absolute atomic E-state index is 0.189. The molecule has 0 spiro atoms. The van der Waals surface area contributed by atoms with Crippen LogP contribution in [0.2, 0.25) is 0 Å². The van der Waals surface area contributed by atoms with Gasteiger partial charge in [-0.15, -0.1) is 0 Å². The normalized spacial score (nSPS) is 11.1. The Morgan fingerprint density at radius 1 is 0.290 bits per heavy atom. The average molecular weight is 805 g/mol. The average Bonchev–Trinajstić information content (AvgIpc) is 3.31. The Kier molecular flexibility index (Phi) is 11.3. The molecule has 3 N–H and O–H groups in total. The van der Waals surface area contributed by atoms with Crippen molar-refractivity contribution in [3.8, 4) is 72.9 Å². The fourth-order valence-electron chi connectivity index (χ4n) is 8.66. The van der Waals surface area contributed by atoms with Crippen LogP contribution in [0.4, 0.5) is 0 Å². The number of aryl methyl sites for hydroxylation is 2. The molecule has 0 heterocycles. The molecule has 0 bridgehead atoms. The van der Waals surface area contributed by atoms with E-state index in [0.29, 0.717) is 19.3 Å². The summed E-state index contributed by atoms with van der Waals surface area (Å²) in [5.74, 6) is 0.594. The van der Waals surface area contributed by atoms with Crippen LogP contribution in [0.5, 0.6) is 17.2 Å². The van der Waals surface area contributed by atoms with Gasteiger partial charge in [0.1, 0.15) is 17.2 Å². The highest BCUT2D eigenvalue weighted by molar-refractivity contribution is 5.89. The quantitative estimate of drug-likeness (QED) is 0.122. The lowest BCUT2D eigenvalue weighted by Gasteiger charge is -2.16. The minimum atomic E-state index is 0.189. The second-order valence-corrected chi connectivity index (χ2v) is 16.4. The predicted molar refractivity (Wildman–Crippen MR) is 256 cm³/mol. The van der Waals surface area contributed by atoms with E-state index in [-0.39, 0.29) is 17.2 Å². The molecule has 0 fully saturated rings. The standard InChI is InChI=1S/C59H48O3/c1-39-21-25-57(60)51(27-39)36-53-28-40(2)29-54(59(53)62)37-52-32-42(22-26-58(52)61)30-41-13-12-20-46(31-41)49-33-48(43-14-6-3-7-15-43)34-50(35-49)47-23-24-55(44-16-8-4-9-17-44)56(38-47)45-18-10-5-11-19-45/h3-29,31-35,38,60-62H,30,36-37H2,1-2H3. The van der Waals surface area contributed by atoms with E-state index in [0.717, 1.165) is 77.9 Å². The van der Waals surface area contributed by atoms with Gasteiger partial charge in [-0.05, 0) is 146 Å². The van der Waals surface area contributed by atoms with E-state index in [4.69, 9.17) is 0 Å². The molecule has 0 aromatic heterocycles. The number of rotatable bonds is 11. The first-order valence-corrected chi connectivity index (χ1v) is 21.2. The van der Waals surface area contributed by atoms with E-state index >= 15 is 0 Å². The number of hydrogen-bond acceptors (Lipinski definition) is 3. The van der Waals surface area contributed by atoms with Gasteiger partial charge in [0.25, 0.3) is 0 Å². The van der Waals surface area contributed by atoms with Crippen molar-refractivity contribution in [1.29, 1.82) is 0 Å². The number of phenolic OH excluding ortho intramolecular Hbond substituents is 3. The number of hydrogen-bond donors (Lipinski definition) is 3. The molecule has 0 amide bonds. The summed E-state index contributed by atoms with van der Waals surface area (Å²) in [6, 6.07) is 69.5. The third-order valence-electron chi connectivity index (χ3n) is 11.8. The van der Waals surface area contributed by atoms with E-state index < -0.39 is 0 Å². The van der Waals surface area contributed by atoms with E-state index in [2.05, 4.69) is 152 Å². The topological polar surface area (TPSA) is 60.7 Å². The van der Waals surface area contributed by atoms with Crippen LogP contribution in [0.25, 0.3) is 55.6 Å². The van der Waals surface area contributed by atoms with Crippen molar-refractivity contribution in [3.63, 3.8) is 0 Å². The van der Waals surface area contributed by atoms with Crippen molar-refractivity contribution in [2.24, 2.45) is 0 Å². The van der Waals surface area contributed by atoms with Crippen molar-refractivity contribution in [1.82, 2.24) is 0 Å². The summed E-state index contributed by atoms with van der Waals surface area (Å²) in [6.45, 7) is 4.00. The highest BCUT2D eigenvalue weighted by Gasteiger charge is 2.16. The first kappa shape index (κ1) is 39.8. The van der Waals surface area contributed by atoms with Gasteiger partial charge in [0.05, 0.1) is 0 Å². The zero-order valence-electron chi connectivity index (χ0n) is 35.0. The molecule has 0 radical (unpaired) electrons. The van der Waals surface area contributed by atoms with Crippen LogP contribution in [-0.4, -0.2) is 15.3 Å². The molecule has 3 nitrogen and oxygen atoms in total. The molecule has 0 aliphatic rings. The Labute approximate surface area is 364 Å². The van der Waals surface area contributed by atoms with Crippen molar-refractivity contribution >= 4 is 0 Å². The Balaban J connectivity index is 1.04. The fourth-order valence-corrected chi connectivity index (χ4v) is 8.66. The molecule has 302 valence electrons. The lowest BCUT2D eigenvalue weighted by Crippen LogP contribution is -1.98. The van der Waals surface area contributed by atoms with Crippen molar-refractivity contribution in [3.05, 3.63) is 245 Å². The Morgan fingerprint density at radius 2 is 0.774 bits per heavy atom. The summed E-state index contributed by atoms with van der Waals surface area (Å²) >= 11 is 0. The van der Waals surface area contributed by atoms with Crippen LogP contribution >= 0.6 is 0 Å². The van der Waals surface area contributed by atoms with Gasteiger partial charge < -0.3 is 15.3 Å². The molecule has 9 aromatic rings. The maximum atomic E-state index is 11.5. The van der Waals surface area contributed by atoms with Crippen LogP contribution < -0.4 is 0 Å². The Morgan fingerprint density at radius 3 is 1.40 bits per heavy atom. The summed E-state index contributed by atoms with van der Waals surface area (Å²) in [7, 11) is 0. The predicted octanol–water partition coefficient (Wildman–Crippen LogP) is 14.5. The summed E-state index contributed by atoms with van der Waals surface area (Å²) in [5, 5.41) is 33.1. The first-order valence-electron chi connectivity index (χ1n) is 21.2. The van der Waals surface area contributed by atoms with E-state index in [1.54, 1.807) is 12.1 Å². The van der Waals surface area contributed by atoms with Crippen molar-refractivity contribution in [2.45, 2.75) is 33.1 Å². The molecular formula is C59H48O3. The third-order valence-corrected chi connectivity index (χ3v) is 11.8. The Bertz CT molecular complexity index is 3020. The van der Waals surface area contributed by atoms with Crippen LogP contribution in [0.15, 0.2) is 200 Å². The molecule has 62 heavy (non-hydrogen) atoms. The second kappa shape index (κ2) is 17.5. The zero-order valence-corrected chi connectivity index (χ0v) is 35.0. The lowest BCUT2D eigenvalue weighted by atomic mass is 9.88. The van der Waals surface area contributed by atoms with Gasteiger partial charge in [0.2, 0.25) is 0 Å². The summed E-state index contributed by atoms with van der Waals surface area (Å²) in [4.78, 5) is 0. The van der Waals surface area contributed by atoms with Crippen LogP contribution in [0.1, 0.15) is 44.5 Å². The minimum Gasteiger partial charge on any atom is -0.508 e. The maximum absolute atomic E-state index is 11.5. The second-order valence-electron chi connectivity index (χ2n) is 16.4. The van der Waals surface area contributed by atoms with Crippen LogP contribution in [0, 0.1) is 13.8 Å². The maximum Gasteiger partial charge on any atom is 0.122 e. The van der Waals surface area contributed by atoms with Crippen LogP contribution in [0.3, 0.4) is 0 Å². The van der Waals surface area contributed by atoms with Gasteiger partial charge >= 0.3 is 0 Å². The van der Waals surface area contributed by atoms with Crippen LogP contribution in [-0.2, 0) is 19.3 Å². The largest absolute Gasteiger partial charge is 0.508 e. The lowest BCUT2D eigenvalue weighted by molar-refractivity contribution is 0.456. The van der Waals surface area contributed by atoms with Gasteiger partial charge in [-0.2, -0.15) is 0 Å².